The van der Waals surface area contributed by atoms with E-state index in [1.807, 2.05) is 30.3 Å². The van der Waals surface area contributed by atoms with Crippen molar-refractivity contribution in [3.05, 3.63) is 35.9 Å². The van der Waals surface area contributed by atoms with E-state index in [0.29, 0.717) is 12.8 Å². The molecule has 112 valence electrons. The highest BCUT2D eigenvalue weighted by molar-refractivity contribution is 5.87. The molecule has 2 aliphatic rings. The normalized spacial score (nSPS) is 24.0. The zero-order valence-electron chi connectivity index (χ0n) is 11.6. The Bertz CT molecular complexity index is 530. The number of aliphatic hydroxyl groups is 1. The molecule has 2 fully saturated rings. The maximum absolute atomic E-state index is 12.2. The smallest absolute Gasteiger partial charge is 0.412 e. The van der Waals surface area contributed by atoms with Gasteiger partial charge in [-0.3, -0.25) is 9.69 Å². The molecule has 3 rings (SSSR count). The Kier molecular flexibility index (Phi) is 3.79. The number of hydrogen-bond acceptors (Lipinski definition) is 4. The minimum atomic E-state index is -0.942. The van der Waals surface area contributed by atoms with Gasteiger partial charge in [0.2, 0.25) is 5.91 Å². The Morgan fingerprint density at radius 3 is 2.57 bits per heavy atom. The zero-order chi connectivity index (χ0) is 14.8. The van der Waals surface area contributed by atoms with Gasteiger partial charge in [0.1, 0.15) is 18.9 Å². The summed E-state index contributed by atoms with van der Waals surface area (Å²) in [5, 5.41) is 9.93. The van der Waals surface area contributed by atoms with Crippen molar-refractivity contribution in [3.63, 3.8) is 0 Å². The second kappa shape index (κ2) is 5.73. The predicted octanol–water partition coefficient (Wildman–Crippen LogP) is 0.948. The highest BCUT2D eigenvalue weighted by Crippen LogP contribution is 2.26. The molecule has 2 saturated heterocycles. The molecule has 1 N–H and O–H groups in total. The first kappa shape index (κ1) is 13.9. The van der Waals surface area contributed by atoms with E-state index in [1.165, 1.54) is 4.90 Å². The minimum absolute atomic E-state index is 0.0942. The van der Waals surface area contributed by atoms with E-state index < -0.39 is 18.4 Å². The quantitative estimate of drug-likeness (QED) is 0.841. The van der Waals surface area contributed by atoms with E-state index in [9.17, 15) is 14.7 Å². The molecule has 2 aliphatic heterocycles. The number of rotatable bonds is 3. The summed E-state index contributed by atoms with van der Waals surface area (Å²) < 4.78 is 5.22. The molecule has 0 radical (unpaired) electrons. The number of likely N-dealkylation sites (tertiary alicyclic amines) is 1. The molecule has 0 spiro atoms. The third-order valence-electron chi connectivity index (χ3n) is 3.82. The molecule has 0 saturated carbocycles. The van der Waals surface area contributed by atoms with Crippen LogP contribution in [0.2, 0.25) is 0 Å². The van der Waals surface area contributed by atoms with E-state index in [-0.39, 0.29) is 12.5 Å². The molecule has 0 aliphatic carbocycles. The van der Waals surface area contributed by atoms with Crippen LogP contribution < -0.4 is 0 Å². The molecule has 0 aromatic heterocycles. The molecule has 1 aromatic carbocycles. The number of benzene rings is 1. The van der Waals surface area contributed by atoms with Gasteiger partial charge in [-0.25, -0.2) is 4.79 Å². The molecule has 0 bridgehead atoms. The van der Waals surface area contributed by atoms with Crippen molar-refractivity contribution in [2.24, 2.45) is 0 Å². The van der Waals surface area contributed by atoms with E-state index in [2.05, 4.69) is 0 Å². The zero-order valence-corrected chi connectivity index (χ0v) is 11.6. The molecule has 2 atom stereocenters. The van der Waals surface area contributed by atoms with Gasteiger partial charge in [0.05, 0.1) is 0 Å². The van der Waals surface area contributed by atoms with Crippen molar-refractivity contribution in [3.8, 4) is 0 Å². The molecular formula is C15H18N2O4. The number of carbonyl (C=O) groups is 2. The standard InChI is InChI=1S/C15H18N2O4/c18-13-7-6-12(14(19)16-8-9-16)17(13)15(20)21-10-11-4-2-1-3-5-11/h1-5,12-13,18H,6-10H2. The molecule has 1 aromatic rings. The van der Waals surface area contributed by atoms with Gasteiger partial charge < -0.3 is 14.7 Å². The Morgan fingerprint density at radius 1 is 1.19 bits per heavy atom. The van der Waals surface area contributed by atoms with Crippen molar-refractivity contribution in [2.45, 2.75) is 31.7 Å². The van der Waals surface area contributed by atoms with Crippen molar-refractivity contribution in [1.29, 1.82) is 0 Å². The predicted molar refractivity (Wildman–Crippen MR) is 74.1 cm³/mol. The van der Waals surface area contributed by atoms with Crippen molar-refractivity contribution in [1.82, 2.24) is 9.80 Å². The van der Waals surface area contributed by atoms with Crippen LogP contribution in [0.3, 0.4) is 0 Å². The second-order valence-corrected chi connectivity index (χ2v) is 5.35. The lowest BCUT2D eigenvalue weighted by atomic mass is 10.2. The minimum Gasteiger partial charge on any atom is -0.444 e. The summed E-state index contributed by atoms with van der Waals surface area (Å²) in [5.74, 6) is -0.0942. The highest BCUT2D eigenvalue weighted by Gasteiger charge is 2.44. The molecule has 2 amide bonds. The lowest BCUT2D eigenvalue weighted by molar-refractivity contribution is -0.131. The monoisotopic (exact) mass is 290 g/mol. The molecule has 6 nitrogen and oxygen atoms in total. The van der Waals surface area contributed by atoms with Crippen molar-refractivity contribution < 1.29 is 19.4 Å². The van der Waals surface area contributed by atoms with Crippen molar-refractivity contribution in [2.75, 3.05) is 13.1 Å². The van der Waals surface area contributed by atoms with Gasteiger partial charge in [0.15, 0.2) is 0 Å². The number of hydrogen-bond donors (Lipinski definition) is 1. The van der Waals surface area contributed by atoms with Crippen LogP contribution in [0.15, 0.2) is 30.3 Å². The number of carbonyl (C=O) groups excluding carboxylic acids is 2. The Balaban J connectivity index is 1.62. The highest BCUT2D eigenvalue weighted by atomic mass is 16.6. The lowest BCUT2D eigenvalue weighted by Crippen LogP contribution is -2.47. The second-order valence-electron chi connectivity index (χ2n) is 5.35. The SMILES string of the molecule is O=C(C1CCC(O)N1C(=O)OCc1ccccc1)N1CC1. The van der Waals surface area contributed by atoms with Crippen LogP contribution in [0.5, 0.6) is 0 Å². The average molecular weight is 290 g/mol. The third kappa shape index (κ3) is 3.00. The summed E-state index contributed by atoms with van der Waals surface area (Å²) in [5.41, 5.74) is 0.869. The topological polar surface area (TPSA) is 69.9 Å². The average Bonchev–Trinajstić information content (AvgIpc) is 3.28. The first-order chi connectivity index (χ1) is 10.2. The summed E-state index contributed by atoms with van der Waals surface area (Å²) in [6.45, 7) is 1.60. The van der Waals surface area contributed by atoms with Crippen LogP contribution in [0.4, 0.5) is 4.79 Å². The molecule has 6 heteroatoms. The number of ether oxygens (including phenoxy) is 1. The summed E-state index contributed by atoms with van der Waals surface area (Å²) in [6, 6.07) is 8.72. The van der Waals surface area contributed by atoms with Gasteiger partial charge >= 0.3 is 6.09 Å². The van der Waals surface area contributed by atoms with Gasteiger partial charge in [-0.1, -0.05) is 30.3 Å². The number of nitrogens with zero attached hydrogens (tertiary/aromatic N) is 2. The van der Waals surface area contributed by atoms with Gasteiger partial charge in [0.25, 0.3) is 0 Å². The fraction of sp³-hybridized carbons (Fsp3) is 0.467. The van der Waals surface area contributed by atoms with Gasteiger partial charge in [-0.15, -0.1) is 0 Å². The Hall–Kier alpha value is -2.08. The lowest BCUT2D eigenvalue weighted by Gasteiger charge is -2.26. The van der Waals surface area contributed by atoms with E-state index in [4.69, 9.17) is 4.74 Å². The van der Waals surface area contributed by atoms with Crippen LogP contribution in [-0.2, 0) is 16.1 Å². The number of aliphatic hydroxyl groups excluding tert-OH is 1. The van der Waals surface area contributed by atoms with E-state index >= 15 is 0 Å². The first-order valence-corrected chi connectivity index (χ1v) is 7.12. The van der Waals surface area contributed by atoms with Gasteiger partial charge in [0, 0.05) is 13.1 Å². The van der Waals surface area contributed by atoms with E-state index in [0.717, 1.165) is 18.7 Å². The van der Waals surface area contributed by atoms with Crippen LogP contribution in [-0.4, -0.2) is 52.3 Å². The summed E-state index contributed by atoms with van der Waals surface area (Å²) >= 11 is 0. The third-order valence-corrected chi connectivity index (χ3v) is 3.82. The van der Waals surface area contributed by atoms with Gasteiger partial charge in [-0.2, -0.15) is 0 Å². The van der Waals surface area contributed by atoms with Crippen LogP contribution in [0.1, 0.15) is 18.4 Å². The fourth-order valence-corrected chi connectivity index (χ4v) is 2.56. The molecule has 21 heavy (non-hydrogen) atoms. The Morgan fingerprint density at radius 2 is 1.90 bits per heavy atom. The molecular weight excluding hydrogens is 272 g/mol. The number of amides is 2. The van der Waals surface area contributed by atoms with Crippen LogP contribution in [0, 0.1) is 0 Å². The van der Waals surface area contributed by atoms with Crippen LogP contribution >= 0.6 is 0 Å². The molecule has 2 heterocycles. The fourth-order valence-electron chi connectivity index (χ4n) is 2.56. The first-order valence-electron chi connectivity index (χ1n) is 7.12. The Labute approximate surface area is 122 Å². The van der Waals surface area contributed by atoms with Crippen LogP contribution in [0.25, 0.3) is 0 Å². The summed E-state index contributed by atoms with van der Waals surface area (Å²) in [7, 11) is 0. The van der Waals surface area contributed by atoms with E-state index in [1.54, 1.807) is 4.90 Å². The molecule has 2 unspecified atom stereocenters. The summed E-state index contributed by atoms with van der Waals surface area (Å²) in [6.07, 6.45) is -0.687. The van der Waals surface area contributed by atoms with Gasteiger partial charge in [-0.05, 0) is 18.4 Å². The largest absolute Gasteiger partial charge is 0.444 e. The summed E-state index contributed by atoms with van der Waals surface area (Å²) in [4.78, 5) is 27.1. The van der Waals surface area contributed by atoms with Crippen molar-refractivity contribution >= 4 is 12.0 Å². The maximum atomic E-state index is 12.2. The maximum Gasteiger partial charge on any atom is 0.412 e.